The Morgan fingerprint density at radius 2 is 2.18 bits per heavy atom. The molecule has 0 heterocycles. The topological polar surface area (TPSA) is 26.0 Å². The highest BCUT2D eigenvalue weighted by Gasteiger charge is 2.02. The van der Waals surface area contributed by atoms with Crippen molar-refractivity contribution in [3.05, 3.63) is 32.6 Å². The minimum Gasteiger partial charge on any atom is -0.326 e. The fourth-order valence-corrected chi connectivity index (χ4v) is 1.53. The highest BCUT2D eigenvalue weighted by molar-refractivity contribution is 14.1. The van der Waals surface area contributed by atoms with Crippen molar-refractivity contribution in [3.8, 4) is 0 Å². The van der Waals surface area contributed by atoms with Crippen molar-refractivity contribution in [2.45, 2.75) is 13.5 Å². The molecule has 0 unspecified atom stereocenters. The first kappa shape index (κ1) is 8.93. The normalized spacial score (nSPS) is 10.2. The van der Waals surface area contributed by atoms with Crippen LogP contribution in [0.3, 0.4) is 0 Å². The van der Waals surface area contributed by atoms with Gasteiger partial charge in [-0.3, -0.25) is 0 Å². The second-order valence-electron chi connectivity index (χ2n) is 2.40. The average molecular weight is 265 g/mol. The number of aryl methyl sites for hydroxylation is 1. The molecule has 1 nitrogen and oxygen atoms in total. The standard InChI is InChI=1S/C8H9FIN/c1-5-2-8(10)7(9)3-6(5)4-11/h2-3H,4,11H2,1H3. The summed E-state index contributed by atoms with van der Waals surface area (Å²) in [5.74, 6) is -0.184. The van der Waals surface area contributed by atoms with Crippen LogP contribution in [0.15, 0.2) is 12.1 Å². The van der Waals surface area contributed by atoms with Crippen LogP contribution in [-0.4, -0.2) is 0 Å². The summed E-state index contributed by atoms with van der Waals surface area (Å²) >= 11 is 1.97. The van der Waals surface area contributed by atoms with Crippen molar-refractivity contribution in [3.63, 3.8) is 0 Å². The van der Waals surface area contributed by atoms with Gasteiger partial charge in [0.25, 0.3) is 0 Å². The first-order valence-corrected chi connectivity index (χ1v) is 4.37. The van der Waals surface area contributed by atoms with Crippen molar-refractivity contribution in [1.82, 2.24) is 0 Å². The summed E-state index contributed by atoms with van der Waals surface area (Å²) in [5, 5.41) is 0. The predicted molar refractivity (Wildman–Crippen MR) is 51.7 cm³/mol. The van der Waals surface area contributed by atoms with E-state index < -0.39 is 0 Å². The van der Waals surface area contributed by atoms with Crippen molar-refractivity contribution in [2.24, 2.45) is 5.73 Å². The molecule has 0 amide bonds. The van der Waals surface area contributed by atoms with E-state index in [-0.39, 0.29) is 5.82 Å². The van der Waals surface area contributed by atoms with Crippen molar-refractivity contribution in [2.75, 3.05) is 0 Å². The van der Waals surface area contributed by atoms with Crippen LogP contribution in [0.5, 0.6) is 0 Å². The fourth-order valence-electron chi connectivity index (χ4n) is 0.907. The fraction of sp³-hybridized carbons (Fsp3) is 0.250. The minimum absolute atomic E-state index is 0.184. The van der Waals surface area contributed by atoms with Crippen LogP contribution in [0.2, 0.25) is 0 Å². The Bertz CT molecular complexity index is 273. The molecule has 0 aromatic heterocycles. The Balaban J connectivity index is 3.21. The molecule has 2 N–H and O–H groups in total. The largest absolute Gasteiger partial charge is 0.326 e. The Morgan fingerprint density at radius 3 is 2.73 bits per heavy atom. The van der Waals surface area contributed by atoms with E-state index in [9.17, 15) is 4.39 Å². The summed E-state index contributed by atoms with van der Waals surface area (Å²) in [6, 6.07) is 3.30. The molecule has 3 heteroatoms. The summed E-state index contributed by atoms with van der Waals surface area (Å²) in [5.41, 5.74) is 7.33. The first-order chi connectivity index (χ1) is 5.15. The summed E-state index contributed by atoms with van der Waals surface area (Å²) in [6.07, 6.45) is 0. The van der Waals surface area contributed by atoms with Crippen LogP contribution in [-0.2, 0) is 6.54 Å². The predicted octanol–water partition coefficient (Wildman–Crippen LogP) is 2.20. The molecule has 0 aliphatic carbocycles. The molecule has 0 radical (unpaired) electrons. The lowest BCUT2D eigenvalue weighted by molar-refractivity contribution is 0.617. The molecule has 0 aliphatic heterocycles. The van der Waals surface area contributed by atoms with Crippen molar-refractivity contribution >= 4 is 22.6 Å². The summed E-state index contributed by atoms with van der Waals surface area (Å²) in [7, 11) is 0. The lowest BCUT2D eigenvalue weighted by atomic mass is 10.1. The molecule has 0 saturated carbocycles. The van der Waals surface area contributed by atoms with E-state index in [0.29, 0.717) is 10.1 Å². The Hall–Kier alpha value is -0.160. The molecule has 0 aliphatic rings. The number of benzene rings is 1. The van der Waals surface area contributed by atoms with Crippen LogP contribution in [0, 0.1) is 16.3 Å². The second-order valence-corrected chi connectivity index (χ2v) is 3.56. The van der Waals surface area contributed by atoms with Crippen LogP contribution < -0.4 is 5.73 Å². The second kappa shape index (κ2) is 3.49. The third kappa shape index (κ3) is 1.90. The van der Waals surface area contributed by atoms with E-state index >= 15 is 0 Å². The van der Waals surface area contributed by atoms with Crippen molar-refractivity contribution in [1.29, 1.82) is 0 Å². The summed E-state index contributed by atoms with van der Waals surface area (Å²) in [6.45, 7) is 2.34. The molecular formula is C8H9FIN. The van der Waals surface area contributed by atoms with Gasteiger partial charge in [-0.25, -0.2) is 4.39 Å². The van der Waals surface area contributed by atoms with E-state index in [0.717, 1.165) is 11.1 Å². The maximum Gasteiger partial charge on any atom is 0.136 e. The highest BCUT2D eigenvalue weighted by Crippen LogP contribution is 2.16. The maximum atomic E-state index is 12.9. The van der Waals surface area contributed by atoms with Gasteiger partial charge in [0.1, 0.15) is 5.82 Å². The molecule has 0 spiro atoms. The first-order valence-electron chi connectivity index (χ1n) is 3.29. The number of hydrogen-bond donors (Lipinski definition) is 1. The summed E-state index contributed by atoms with van der Waals surface area (Å²) < 4.78 is 13.5. The quantitative estimate of drug-likeness (QED) is 0.774. The van der Waals surface area contributed by atoms with Gasteiger partial charge < -0.3 is 5.73 Å². The van der Waals surface area contributed by atoms with Gasteiger partial charge in [0, 0.05) is 10.1 Å². The number of nitrogens with two attached hydrogens (primary N) is 1. The minimum atomic E-state index is -0.184. The van der Waals surface area contributed by atoms with E-state index in [1.165, 1.54) is 6.07 Å². The molecular weight excluding hydrogens is 256 g/mol. The summed E-state index contributed by atoms with van der Waals surface area (Å²) in [4.78, 5) is 0. The number of hydrogen-bond acceptors (Lipinski definition) is 1. The zero-order valence-electron chi connectivity index (χ0n) is 6.20. The van der Waals surface area contributed by atoms with Crippen LogP contribution in [0.25, 0.3) is 0 Å². The van der Waals surface area contributed by atoms with E-state index in [1.807, 2.05) is 29.5 Å². The molecule has 0 atom stereocenters. The molecule has 0 fully saturated rings. The van der Waals surface area contributed by atoms with Crippen LogP contribution in [0.1, 0.15) is 11.1 Å². The lowest BCUT2D eigenvalue weighted by Gasteiger charge is -2.03. The number of halogens is 2. The smallest absolute Gasteiger partial charge is 0.136 e. The van der Waals surface area contributed by atoms with Gasteiger partial charge in [-0.05, 0) is 52.8 Å². The van der Waals surface area contributed by atoms with Crippen molar-refractivity contribution < 1.29 is 4.39 Å². The highest BCUT2D eigenvalue weighted by atomic mass is 127. The van der Waals surface area contributed by atoms with Gasteiger partial charge in [-0.2, -0.15) is 0 Å². The Morgan fingerprint density at radius 1 is 1.55 bits per heavy atom. The van der Waals surface area contributed by atoms with Gasteiger partial charge in [0.15, 0.2) is 0 Å². The van der Waals surface area contributed by atoms with Gasteiger partial charge in [0.05, 0.1) is 0 Å². The van der Waals surface area contributed by atoms with E-state index in [1.54, 1.807) is 6.07 Å². The van der Waals surface area contributed by atoms with E-state index in [2.05, 4.69) is 0 Å². The van der Waals surface area contributed by atoms with Gasteiger partial charge >= 0.3 is 0 Å². The SMILES string of the molecule is Cc1cc(I)c(F)cc1CN. The third-order valence-electron chi connectivity index (χ3n) is 1.60. The van der Waals surface area contributed by atoms with Gasteiger partial charge in [-0.15, -0.1) is 0 Å². The maximum absolute atomic E-state index is 12.9. The van der Waals surface area contributed by atoms with Crippen LogP contribution >= 0.6 is 22.6 Å². The van der Waals surface area contributed by atoms with Crippen LogP contribution in [0.4, 0.5) is 4.39 Å². The molecule has 11 heavy (non-hydrogen) atoms. The lowest BCUT2D eigenvalue weighted by Crippen LogP contribution is -2.00. The monoisotopic (exact) mass is 265 g/mol. The molecule has 0 saturated heterocycles. The number of rotatable bonds is 1. The average Bonchev–Trinajstić information content (AvgIpc) is 1.97. The molecule has 60 valence electrons. The molecule has 0 bridgehead atoms. The molecule has 1 aromatic carbocycles. The van der Waals surface area contributed by atoms with E-state index in [4.69, 9.17) is 5.73 Å². The molecule has 1 aromatic rings. The third-order valence-corrected chi connectivity index (χ3v) is 2.43. The van der Waals surface area contributed by atoms with Gasteiger partial charge in [0.2, 0.25) is 0 Å². The zero-order valence-corrected chi connectivity index (χ0v) is 8.35. The Labute approximate surface area is 78.9 Å². The molecule has 1 rings (SSSR count). The zero-order chi connectivity index (χ0) is 8.43. The van der Waals surface area contributed by atoms with Gasteiger partial charge in [-0.1, -0.05) is 0 Å². The Kier molecular flexibility index (Phi) is 2.84.